The van der Waals surface area contributed by atoms with Gasteiger partial charge in [-0.2, -0.15) is 0 Å². The lowest BCUT2D eigenvalue weighted by molar-refractivity contribution is -0.147. The fourth-order valence-corrected chi connectivity index (χ4v) is 3.81. The quantitative estimate of drug-likeness (QED) is 0.406. The molecule has 0 saturated heterocycles. The third kappa shape index (κ3) is 5.77. The maximum Gasteiger partial charge on any atom is 0.328 e. The van der Waals surface area contributed by atoms with Crippen LogP contribution in [-0.2, 0) is 41.4 Å². The number of para-hydroxylation sites is 2. The Morgan fingerprint density at radius 1 is 0.656 bits per heavy atom. The van der Waals surface area contributed by atoms with Crippen LogP contribution in [-0.4, -0.2) is 63.7 Å². The zero-order chi connectivity index (χ0) is 22.2. The Labute approximate surface area is 187 Å². The van der Waals surface area contributed by atoms with Crippen LogP contribution in [0.15, 0.2) is 48.5 Å². The first-order valence-electron chi connectivity index (χ1n) is 10.9. The molecule has 2 aromatic rings. The Balaban J connectivity index is 0.975. The fraction of sp³-hybridized carbons (Fsp3) is 0.417. The number of carbonyl (C=O) groups is 2. The molecule has 0 fully saturated rings. The van der Waals surface area contributed by atoms with Crippen molar-refractivity contribution in [1.29, 1.82) is 0 Å². The standard InChI is InChI=1S/C24H28N2O6/c27-23(21-15-17-5-1-3-7-19(17)25-21)31-13-11-29-9-10-30-12-14-32-24(28)22-16-18-6-2-4-8-20(18)26-22/h1-8,21-22,25-26H,9-16H2/t21-,22-/m1/s1. The molecule has 2 aliphatic heterocycles. The van der Waals surface area contributed by atoms with E-state index in [0.717, 1.165) is 22.5 Å². The summed E-state index contributed by atoms with van der Waals surface area (Å²) in [5.74, 6) is -0.551. The largest absolute Gasteiger partial charge is 0.462 e. The van der Waals surface area contributed by atoms with Gasteiger partial charge in [0.2, 0.25) is 0 Å². The van der Waals surface area contributed by atoms with Crippen molar-refractivity contribution >= 4 is 23.3 Å². The smallest absolute Gasteiger partial charge is 0.328 e. The summed E-state index contributed by atoms with van der Waals surface area (Å²) < 4.78 is 21.4. The van der Waals surface area contributed by atoms with Crippen LogP contribution in [0.25, 0.3) is 0 Å². The molecule has 32 heavy (non-hydrogen) atoms. The highest BCUT2D eigenvalue weighted by atomic mass is 16.6. The summed E-state index contributed by atoms with van der Waals surface area (Å²) >= 11 is 0. The van der Waals surface area contributed by atoms with Crippen LogP contribution in [0.3, 0.4) is 0 Å². The number of hydrogen-bond donors (Lipinski definition) is 2. The SMILES string of the molecule is O=C(OCCOCCOCCOC(=O)[C@H]1Cc2ccccc2N1)[C@H]1Cc2ccccc2N1. The van der Waals surface area contributed by atoms with Crippen molar-refractivity contribution < 1.29 is 28.5 Å². The van der Waals surface area contributed by atoms with Crippen molar-refractivity contribution in [3.05, 3.63) is 59.7 Å². The number of fused-ring (bicyclic) bond motifs is 2. The molecule has 0 unspecified atom stereocenters. The molecule has 0 amide bonds. The van der Waals surface area contributed by atoms with E-state index in [1.54, 1.807) is 0 Å². The van der Waals surface area contributed by atoms with Crippen molar-refractivity contribution in [2.75, 3.05) is 50.3 Å². The first-order chi connectivity index (χ1) is 15.7. The average Bonchev–Trinajstić information content (AvgIpc) is 3.44. The molecule has 8 heteroatoms. The summed E-state index contributed by atoms with van der Waals surface area (Å²) in [5, 5.41) is 6.34. The average molecular weight is 440 g/mol. The van der Waals surface area contributed by atoms with E-state index in [1.807, 2.05) is 48.5 Å². The minimum Gasteiger partial charge on any atom is -0.462 e. The Morgan fingerprint density at radius 3 is 1.50 bits per heavy atom. The molecular formula is C24H28N2O6. The van der Waals surface area contributed by atoms with E-state index in [2.05, 4.69) is 10.6 Å². The molecule has 0 aliphatic carbocycles. The second-order valence-electron chi connectivity index (χ2n) is 7.68. The van der Waals surface area contributed by atoms with Gasteiger partial charge in [-0.05, 0) is 23.3 Å². The van der Waals surface area contributed by atoms with Crippen LogP contribution in [0.5, 0.6) is 0 Å². The summed E-state index contributed by atoms with van der Waals surface area (Å²) in [6.45, 7) is 1.75. The molecule has 2 heterocycles. The summed E-state index contributed by atoms with van der Waals surface area (Å²) in [7, 11) is 0. The van der Waals surface area contributed by atoms with Crippen LogP contribution in [0.1, 0.15) is 11.1 Å². The summed E-state index contributed by atoms with van der Waals surface area (Å²) in [6.07, 6.45) is 1.27. The summed E-state index contributed by atoms with van der Waals surface area (Å²) in [4.78, 5) is 24.2. The molecular weight excluding hydrogens is 412 g/mol. The second-order valence-corrected chi connectivity index (χ2v) is 7.68. The third-order valence-corrected chi connectivity index (χ3v) is 5.43. The fourth-order valence-electron chi connectivity index (χ4n) is 3.81. The lowest BCUT2D eigenvalue weighted by Gasteiger charge is -2.12. The molecule has 2 N–H and O–H groups in total. The molecule has 170 valence electrons. The molecule has 0 spiro atoms. The molecule has 0 aromatic heterocycles. The summed E-state index contributed by atoms with van der Waals surface area (Å²) in [6, 6.07) is 15.0. The van der Waals surface area contributed by atoms with E-state index in [9.17, 15) is 9.59 Å². The number of hydrogen-bond acceptors (Lipinski definition) is 8. The van der Waals surface area contributed by atoms with Crippen LogP contribution >= 0.6 is 0 Å². The van der Waals surface area contributed by atoms with Crippen molar-refractivity contribution in [2.45, 2.75) is 24.9 Å². The molecule has 8 nitrogen and oxygen atoms in total. The van der Waals surface area contributed by atoms with Crippen molar-refractivity contribution in [2.24, 2.45) is 0 Å². The maximum atomic E-state index is 12.1. The van der Waals surface area contributed by atoms with E-state index in [0.29, 0.717) is 39.3 Å². The Kier molecular flexibility index (Phi) is 7.58. The zero-order valence-electron chi connectivity index (χ0n) is 17.9. The molecule has 0 bridgehead atoms. The third-order valence-electron chi connectivity index (χ3n) is 5.43. The zero-order valence-corrected chi connectivity index (χ0v) is 17.9. The van der Waals surface area contributed by atoms with Crippen LogP contribution < -0.4 is 10.6 Å². The Bertz CT molecular complexity index is 809. The Hall–Kier alpha value is -3.10. The van der Waals surface area contributed by atoms with E-state index < -0.39 is 0 Å². The van der Waals surface area contributed by atoms with Gasteiger partial charge >= 0.3 is 11.9 Å². The predicted octanol–water partition coefficient (Wildman–Crippen LogP) is 2.18. The monoisotopic (exact) mass is 440 g/mol. The maximum absolute atomic E-state index is 12.1. The predicted molar refractivity (Wildman–Crippen MR) is 119 cm³/mol. The molecule has 2 aromatic carbocycles. The first kappa shape index (κ1) is 22.1. The van der Waals surface area contributed by atoms with Gasteiger partial charge in [0.05, 0.1) is 26.4 Å². The van der Waals surface area contributed by atoms with E-state index >= 15 is 0 Å². The number of nitrogens with one attached hydrogen (secondary N) is 2. The number of carbonyl (C=O) groups excluding carboxylic acids is 2. The highest BCUT2D eigenvalue weighted by molar-refractivity contribution is 5.83. The number of ether oxygens (including phenoxy) is 4. The lowest BCUT2D eigenvalue weighted by atomic mass is 10.1. The van der Waals surface area contributed by atoms with Gasteiger partial charge in [-0.3, -0.25) is 0 Å². The Morgan fingerprint density at radius 2 is 1.06 bits per heavy atom. The van der Waals surface area contributed by atoms with Gasteiger partial charge in [0, 0.05) is 24.2 Å². The van der Waals surface area contributed by atoms with E-state index in [4.69, 9.17) is 18.9 Å². The highest BCUT2D eigenvalue weighted by Crippen LogP contribution is 2.26. The van der Waals surface area contributed by atoms with Crippen molar-refractivity contribution in [3.8, 4) is 0 Å². The highest BCUT2D eigenvalue weighted by Gasteiger charge is 2.28. The molecule has 4 rings (SSSR count). The minimum absolute atomic E-state index is 0.196. The number of esters is 2. The molecule has 0 saturated carbocycles. The van der Waals surface area contributed by atoms with E-state index in [-0.39, 0.29) is 37.2 Å². The van der Waals surface area contributed by atoms with Gasteiger partial charge in [-0.1, -0.05) is 36.4 Å². The number of rotatable bonds is 11. The van der Waals surface area contributed by atoms with Crippen LogP contribution in [0.4, 0.5) is 11.4 Å². The molecule has 2 aliphatic rings. The van der Waals surface area contributed by atoms with Gasteiger partial charge in [-0.25, -0.2) is 9.59 Å². The van der Waals surface area contributed by atoms with Gasteiger partial charge in [0.1, 0.15) is 25.3 Å². The number of benzene rings is 2. The van der Waals surface area contributed by atoms with Crippen LogP contribution in [0, 0.1) is 0 Å². The van der Waals surface area contributed by atoms with Gasteiger partial charge in [0.15, 0.2) is 0 Å². The van der Waals surface area contributed by atoms with Crippen LogP contribution in [0.2, 0.25) is 0 Å². The van der Waals surface area contributed by atoms with Gasteiger partial charge < -0.3 is 29.6 Å². The van der Waals surface area contributed by atoms with Gasteiger partial charge in [-0.15, -0.1) is 0 Å². The molecule has 0 radical (unpaired) electrons. The normalized spacial score (nSPS) is 18.2. The topological polar surface area (TPSA) is 95.1 Å². The minimum atomic E-state index is -0.341. The number of anilines is 2. The lowest BCUT2D eigenvalue weighted by Crippen LogP contribution is -2.30. The van der Waals surface area contributed by atoms with Gasteiger partial charge in [0.25, 0.3) is 0 Å². The van der Waals surface area contributed by atoms with E-state index in [1.165, 1.54) is 0 Å². The second kappa shape index (κ2) is 11.0. The van der Waals surface area contributed by atoms with Crippen molar-refractivity contribution in [3.63, 3.8) is 0 Å². The summed E-state index contributed by atoms with van der Waals surface area (Å²) in [5.41, 5.74) is 4.22. The first-order valence-corrected chi connectivity index (χ1v) is 10.9. The molecule has 2 atom stereocenters. The van der Waals surface area contributed by atoms with Crippen molar-refractivity contribution in [1.82, 2.24) is 0 Å².